The summed E-state index contributed by atoms with van der Waals surface area (Å²) in [5, 5.41) is 0.707. The van der Waals surface area contributed by atoms with Crippen LogP contribution < -0.4 is 9.64 Å². The van der Waals surface area contributed by atoms with E-state index >= 15 is 0 Å². The van der Waals surface area contributed by atoms with Gasteiger partial charge in [0.15, 0.2) is 0 Å². The summed E-state index contributed by atoms with van der Waals surface area (Å²) < 4.78 is 5.36. The van der Waals surface area contributed by atoms with Gasteiger partial charge in [-0.05, 0) is 53.5 Å². The molecule has 0 saturated carbocycles. The smallest absolute Gasteiger partial charge is 0.328 e. The fourth-order valence-electron chi connectivity index (χ4n) is 3.83. The first kappa shape index (κ1) is 20.0. The average Bonchev–Trinajstić information content (AvgIpc) is 2.77. The SMILES string of the molecule is COc1cccc(N2C(=O)N(C)CC(c3ccccc3-c3ccc(Cl)cc3)=C2C)c1. The molecule has 0 aliphatic carbocycles. The van der Waals surface area contributed by atoms with E-state index in [0.29, 0.717) is 17.3 Å². The first-order valence-corrected chi connectivity index (χ1v) is 10.1. The highest BCUT2D eigenvalue weighted by Gasteiger charge is 2.31. The van der Waals surface area contributed by atoms with Gasteiger partial charge in [0, 0.05) is 30.4 Å². The number of carbonyl (C=O) groups excluding carboxylic acids is 1. The number of likely N-dealkylation sites (N-methyl/N-ethyl adjacent to an activating group) is 1. The first-order valence-electron chi connectivity index (χ1n) is 9.74. The number of amides is 2. The molecule has 0 radical (unpaired) electrons. The molecular weight excluding hydrogens is 396 g/mol. The van der Waals surface area contributed by atoms with Crippen LogP contribution in [0.2, 0.25) is 5.02 Å². The van der Waals surface area contributed by atoms with Gasteiger partial charge in [-0.25, -0.2) is 4.79 Å². The molecule has 0 bridgehead atoms. The molecule has 0 unspecified atom stereocenters. The van der Waals surface area contributed by atoms with Crippen LogP contribution >= 0.6 is 11.6 Å². The molecule has 0 saturated heterocycles. The lowest BCUT2D eigenvalue weighted by atomic mass is 9.92. The van der Waals surface area contributed by atoms with Crippen LogP contribution in [0.4, 0.5) is 10.5 Å². The second-order valence-electron chi connectivity index (χ2n) is 7.29. The Morgan fingerprint density at radius 1 is 0.933 bits per heavy atom. The van der Waals surface area contributed by atoms with E-state index in [9.17, 15) is 4.79 Å². The van der Waals surface area contributed by atoms with Gasteiger partial charge in [0.05, 0.1) is 12.8 Å². The number of carbonyl (C=O) groups is 1. The number of hydrogen-bond acceptors (Lipinski definition) is 2. The molecule has 1 aliphatic rings. The Hall–Kier alpha value is -3.24. The molecule has 0 atom stereocenters. The number of anilines is 1. The summed E-state index contributed by atoms with van der Waals surface area (Å²) in [4.78, 5) is 16.6. The minimum absolute atomic E-state index is 0.0616. The van der Waals surface area contributed by atoms with E-state index in [2.05, 4.69) is 12.1 Å². The van der Waals surface area contributed by atoms with Crippen LogP contribution in [0, 0.1) is 0 Å². The molecule has 0 aromatic heterocycles. The van der Waals surface area contributed by atoms with Crippen molar-refractivity contribution in [2.24, 2.45) is 0 Å². The van der Waals surface area contributed by atoms with Crippen molar-refractivity contribution in [3.05, 3.63) is 89.1 Å². The van der Waals surface area contributed by atoms with E-state index in [4.69, 9.17) is 16.3 Å². The van der Waals surface area contributed by atoms with Crippen LogP contribution in [0.25, 0.3) is 16.7 Å². The maximum Gasteiger partial charge on any atom is 0.328 e. The highest BCUT2D eigenvalue weighted by Crippen LogP contribution is 2.37. The number of allylic oxidation sites excluding steroid dienone is 1. The number of ether oxygens (including phenoxy) is 1. The van der Waals surface area contributed by atoms with Gasteiger partial charge in [0.25, 0.3) is 0 Å². The van der Waals surface area contributed by atoms with Crippen molar-refractivity contribution in [3.8, 4) is 16.9 Å². The Morgan fingerprint density at radius 2 is 1.63 bits per heavy atom. The Morgan fingerprint density at radius 3 is 2.33 bits per heavy atom. The van der Waals surface area contributed by atoms with Crippen molar-refractivity contribution in [1.29, 1.82) is 0 Å². The Kier molecular flexibility index (Phi) is 5.51. The van der Waals surface area contributed by atoms with Crippen molar-refractivity contribution in [2.45, 2.75) is 6.92 Å². The maximum atomic E-state index is 13.1. The van der Waals surface area contributed by atoms with Crippen LogP contribution in [-0.2, 0) is 0 Å². The van der Waals surface area contributed by atoms with E-state index in [1.807, 2.05) is 74.6 Å². The number of rotatable bonds is 4. The molecule has 5 heteroatoms. The van der Waals surface area contributed by atoms with Crippen molar-refractivity contribution in [1.82, 2.24) is 4.90 Å². The van der Waals surface area contributed by atoms with E-state index < -0.39 is 0 Å². The number of halogens is 1. The number of urea groups is 1. The Labute approximate surface area is 182 Å². The van der Waals surface area contributed by atoms with Gasteiger partial charge in [-0.2, -0.15) is 0 Å². The molecule has 152 valence electrons. The van der Waals surface area contributed by atoms with Crippen LogP contribution in [0.5, 0.6) is 5.75 Å². The third kappa shape index (κ3) is 3.66. The molecule has 0 spiro atoms. The summed E-state index contributed by atoms with van der Waals surface area (Å²) in [6, 6.07) is 23.6. The summed E-state index contributed by atoms with van der Waals surface area (Å²) in [6.07, 6.45) is 0. The molecule has 3 aromatic carbocycles. The molecule has 0 fully saturated rings. The van der Waals surface area contributed by atoms with Gasteiger partial charge < -0.3 is 9.64 Å². The molecule has 2 amide bonds. The zero-order valence-corrected chi connectivity index (χ0v) is 18.0. The van der Waals surface area contributed by atoms with E-state index in [1.165, 1.54) is 0 Å². The van der Waals surface area contributed by atoms with E-state index in [-0.39, 0.29) is 6.03 Å². The van der Waals surface area contributed by atoms with Crippen LogP contribution in [0.1, 0.15) is 12.5 Å². The monoisotopic (exact) mass is 418 g/mol. The van der Waals surface area contributed by atoms with Gasteiger partial charge in [-0.15, -0.1) is 0 Å². The fourth-order valence-corrected chi connectivity index (χ4v) is 3.96. The number of nitrogens with zero attached hydrogens (tertiary/aromatic N) is 2. The van der Waals surface area contributed by atoms with Gasteiger partial charge >= 0.3 is 6.03 Å². The summed E-state index contributed by atoms with van der Waals surface area (Å²) in [6.45, 7) is 2.54. The van der Waals surface area contributed by atoms with Crippen molar-refractivity contribution in [3.63, 3.8) is 0 Å². The minimum atomic E-state index is -0.0616. The fraction of sp³-hybridized carbons (Fsp3) is 0.160. The average molecular weight is 419 g/mol. The number of benzene rings is 3. The van der Waals surface area contributed by atoms with Crippen LogP contribution in [0.15, 0.2) is 78.5 Å². The van der Waals surface area contributed by atoms with Crippen molar-refractivity contribution in [2.75, 3.05) is 25.6 Å². The molecule has 3 aromatic rings. The third-order valence-corrected chi connectivity index (χ3v) is 5.66. The topological polar surface area (TPSA) is 32.8 Å². The lowest BCUT2D eigenvalue weighted by molar-refractivity contribution is 0.220. The third-order valence-electron chi connectivity index (χ3n) is 5.40. The molecule has 4 nitrogen and oxygen atoms in total. The first-order chi connectivity index (χ1) is 14.5. The maximum absolute atomic E-state index is 13.1. The summed E-state index contributed by atoms with van der Waals surface area (Å²) in [5.41, 5.74) is 6.09. The lowest BCUT2D eigenvalue weighted by Crippen LogP contribution is -2.45. The van der Waals surface area contributed by atoms with Crippen LogP contribution in [0.3, 0.4) is 0 Å². The standard InChI is InChI=1S/C25H23ClN2O2/c1-17-24(23-10-5-4-9-22(23)18-11-13-19(26)14-12-18)16-27(2)25(29)28(17)20-7-6-8-21(15-20)30-3/h4-15H,16H2,1-3H3. The predicted octanol–water partition coefficient (Wildman–Crippen LogP) is 6.32. The predicted molar refractivity (Wildman–Crippen MR) is 123 cm³/mol. The van der Waals surface area contributed by atoms with Gasteiger partial charge in [-0.1, -0.05) is 54.1 Å². The normalized spacial score (nSPS) is 14.3. The second kappa shape index (κ2) is 8.25. The zero-order valence-electron chi connectivity index (χ0n) is 17.2. The summed E-state index contributed by atoms with van der Waals surface area (Å²) >= 11 is 6.09. The minimum Gasteiger partial charge on any atom is -0.497 e. The van der Waals surface area contributed by atoms with Gasteiger partial charge in [0.1, 0.15) is 5.75 Å². The van der Waals surface area contributed by atoms with E-state index in [0.717, 1.165) is 33.6 Å². The lowest BCUT2D eigenvalue weighted by Gasteiger charge is -2.36. The zero-order chi connectivity index (χ0) is 21.3. The summed E-state index contributed by atoms with van der Waals surface area (Å²) in [7, 11) is 3.45. The number of hydrogen-bond donors (Lipinski definition) is 0. The Bertz CT molecular complexity index is 1120. The van der Waals surface area contributed by atoms with Gasteiger partial charge in [-0.3, -0.25) is 4.90 Å². The quantitative estimate of drug-likeness (QED) is 0.496. The van der Waals surface area contributed by atoms with Crippen molar-refractivity contribution < 1.29 is 9.53 Å². The van der Waals surface area contributed by atoms with Gasteiger partial charge in [0.2, 0.25) is 0 Å². The molecule has 0 N–H and O–H groups in total. The second-order valence-corrected chi connectivity index (χ2v) is 7.73. The molecular formula is C25H23ClN2O2. The van der Waals surface area contributed by atoms with Crippen molar-refractivity contribution >= 4 is 28.9 Å². The molecule has 4 rings (SSSR count). The molecule has 30 heavy (non-hydrogen) atoms. The summed E-state index contributed by atoms with van der Waals surface area (Å²) in [5.74, 6) is 0.712. The van der Waals surface area contributed by atoms with E-state index in [1.54, 1.807) is 16.9 Å². The Balaban J connectivity index is 1.87. The highest BCUT2D eigenvalue weighted by molar-refractivity contribution is 6.30. The molecule has 1 heterocycles. The largest absolute Gasteiger partial charge is 0.497 e. The molecule has 1 aliphatic heterocycles. The number of methoxy groups -OCH3 is 1. The van der Waals surface area contributed by atoms with Crippen LogP contribution in [-0.4, -0.2) is 31.6 Å². The highest BCUT2D eigenvalue weighted by atomic mass is 35.5.